The molecule has 0 N–H and O–H groups in total. The fourth-order valence-corrected chi connectivity index (χ4v) is 2.40. The molecular formula is C14H28INO3S. The van der Waals surface area contributed by atoms with E-state index < -0.39 is 5.60 Å². The molecule has 6 heteroatoms. The second-order valence-corrected chi connectivity index (χ2v) is 7.35. The van der Waals surface area contributed by atoms with Gasteiger partial charge in [-0.15, -0.1) is 0 Å². The van der Waals surface area contributed by atoms with Gasteiger partial charge >= 0.3 is 6.09 Å². The lowest BCUT2D eigenvalue weighted by atomic mass is 10.1. The van der Waals surface area contributed by atoms with Crippen LogP contribution in [0.1, 0.15) is 59.3 Å². The van der Waals surface area contributed by atoms with Gasteiger partial charge in [0.1, 0.15) is 5.60 Å². The van der Waals surface area contributed by atoms with E-state index in [1.165, 1.54) is 28.5 Å². The van der Waals surface area contributed by atoms with E-state index in [1.54, 1.807) is 11.9 Å². The molecule has 0 spiro atoms. The zero-order chi connectivity index (χ0) is 15.4. The highest BCUT2D eigenvalue weighted by atomic mass is 127. The first-order chi connectivity index (χ1) is 9.37. The highest BCUT2D eigenvalue weighted by Crippen LogP contribution is 2.14. The lowest BCUT2D eigenvalue weighted by Gasteiger charge is -2.24. The lowest BCUT2D eigenvalue weighted by Crippen LogP contribution is -2.34. The van der Waals surface area contributed by atoms with Gasteiger partial charge in [-0.3, -0.25) is 0 Å². The summed E-state index contributed by atoms with van der Waals surface area (Å²) in [5.41, 5.74) is -0.413. The summed E-state index contributed by atoms with van der Waals surface area (Å²) in [6.45, 7) is 7.27. The van der Waals surface area contributed by atoms with Crippen LogP contribution in [0.25, 0.3) is 0 Å². The Morgan fingerprint density at radius 2 is 1.65 bits per heavy atom. The van der Waals surface area contributed by atoms with Crippen molar-refractivity contribution in [1.82, 2.24) is 4.90 Å². The van der Waals surface area contributed by atoms with Crippen molar-refractivity contribution in [2.45, 2.75) is 64.9 Å². The summed E-state index contributed by atoms with van der Waals surface area (Å²) in [6.07, 6.45) is 6.79. The van der Waals surface area contributed by atoms with Gasteiger partial charge in [-0.05, 0) is 33.6 Å². The number of rotatable bonds is 10. The number of unbranched alkanes of at least 4 members (excludes halogenated alkanes) is 5. The Morgan fingerprint density at radius 3 is 2.20 bits per heavy atom. The molecule has 0 aromatic carbocycles. The van der Waals surface area contributed by atoms with Gasteiger partial charge in [0.25, 0.3) is 0 Å². The third-order valence-corrected chi connectivity index (χ3v) is 3.74. The highest BCUT2D eigenvalue weighted by molar-refractivity contribution is 14.2. The molecule has 0 aromatic rings. The van der Waals surface area contributed by atoms with Gasteiger partial charge in [-0.25, -0.2) is 4.79 Å². The van der Waals surface area contributed by atoms with E-state index in [1.807, 2.05) is 20.8 Å². The van der Waals surface area contributed by atoms with Crippen molar-refractivity contribution in [3.05, 3.63) is 0 Å². The molecule has 0 aliphatic rings. The summed E-state index contributed by atoms with van der Waals surface area (Å²) in [4.78, 5) is 13.4. The molecule has 0 bridgehead atoms. The molecule has 1 amide bonds. The van der Waals surface area contributed by atoms with Crippen LogP contribution in [-0.2, 0) is 8.92 Å². The molecule has 0 fully saturated rings. The topological polar surface area (TPSA) is 38.8 Å². The van der Waals surface area contributed by atoms with Crippen LogP contribution in [0.2, 0.25) is 0 Å². The number of carbonyl (C=O) groups is 1. The number of hydrogen-bond donors (Lipinski definition) is 0. The number of ether oxygens (including phenoxy) is 1. The minimum absolute atomic E-state index is 0.231. The number of carbonyl (C=O) groups excluding carboxylic acids is 1. The van der Waals surface area contributed by atoms with Crippen molar-refractivity contribution < 1.29 is 13.7 Å². The predicted octanol–water partition coefficient (Wildman–Crippen LogP) is 5.21. The van der Waals surface area contributed by atoms with Crippen molar-refractivity contribution in [3.8, 4) is 0 Å². The number of hydrogen-bond acceptors (Lipinski definition) is 4. The molecule has 0 aromatic heterocycles. The second-order valence-electron chi connectivity index (χ2n) is 5.91. The Hall–Kier alpha value is 0.310. The van der Waals surface area contributed by atoms with Gasteiger partial charge in [0, 0.05) is 34.8 Å². The number of nitrogens with zero attached hydrogens (tertiary/aromatic N) is 1. The fourth-order valence-electron chi connectivity index (χ4n) is 1.68. The highest BCUT2D eigenvalue weighted by Gasteiger charge is 2.18. The zero-order valence-electron chi connectivity index (χ0n) is 13.1. The summed E-state index contributed by atoms with van der Waals surface area (Å²) in [7, 11) is 3.20. The minimum atomic E-state index is -0.413. The van der Waals surface area contributed by atoms with Crippen molar-refractivity contribution in [2.75, 3.05) is 20.2 Å². The van der Waals surface area contributed by atoms with Crippen LogP contribution in [0, 0.1) is 0 Å². The van der Waals surface area contributed by atoms with Crippen molar-refractivity contribution >= 4 is 36.5 Å². The van der Waals surface area contributed by atoms with Gasteiger partial charge in [-0.1, -0.05) is 25.7 Å². The van der Waals surface area contributed by atoms with E-state index >= 15 is 0 Å². The average molecular weight is 417 g/mol. The van der Waals surface area contributed by atoms with Crippen molar-refractivity contribution in [2.24, 2.45) is 0 Å². The summed E-state index contributed by atoms with van der Waals surface area (Å²) in [5, 5.41) is 0. The van der Waals surface area contributed by atoms with Crippen molar-refractivity contribution in [3.63, 3.8) is 0 Å². The van der Waals surface area contributed by atoms with Gasteiger partial charge in [0.05, 0.1) is 15.8 Å². The summed E-state index contributed by atoms with van der Waals surface area (Å²) in [5.74, 6) is 0. The van der Waals surface area contributed by atoms with Crippen LogP contribution in [-0.4, -0.2) is 36.8 Å². The molecule has 0 saturated heterocycles. The van der Waals surface area contributed by atoms with Crippen LogP contribution >= 0.6 is 30.4 Å². The first-order valence-electron chi connectivity index (χ1n) is 7.21. The van der Waals surface area contributed by atoms with Crippen LogP contribution < -0.4 is 0 Å². The standard InChI is InChI=1S/C14H28INO3S/c1-14(2,3)19-13(17)16(4)11-9-7-5-6-8-10-12-18-20-15/h5-12H2,1-4H3. The third kappa shape index (κ3) is 13.3. The molecule has 120 valence electrons. The predicted molar refractivity (Wildman–Crippen MR) is 94.1 cm³/mol. The third-order valence-electron chi connectivity index (χ3n) is 2.72. The molecule has 0 aliphatic heterocycles. The molecule has 0 unspecified atom stereocenters. The van der Waals surface area contributed by atoms with Crippen LogP contribution in [0.4, 0.5) is 4.79 Å². The Morgan fingerprint density at radius 1 is 1.10 bits per heavy atom. The molecule has 20 heavy (non-hydrogen) atoms. The maximum Gasteiger partial charge on any atom is 0.410 e. The Bertz CT molecular complexity index is 259. The van der Waals surface area contributed by atoms with E-state index in [4.69, 9.17) is 8.92 Å². The molecule has 0 rings (SSSR count). The first kappa shape index (κ1) is 20.3. The lowest BCUT2D eigenvalue weighted by molar-refractivity contribution is 0.0296. The Kier molecular flexibility index (Phi) is 12.1. The number of amides is 1. The van der Waals surface area contributed by atoms with Gasteiger partial charge < -0.3 is 13.8 Å². The monoisotopic (exact) mass is 417 g/mol. The fraction of sp³-hybridized carbons (Fsp3) is 0.929. The van der Waals surface area contributed by atoms with Gasteiger partial charge in [0.2, 0.25) is 0 Å². The molecule has 0 radical (unpaired) electrons. The van der Waals surface area contributed by atoms with Crippen molar-refractivity contribution in [1.29, 1.82) is 0 Å². The number of halogens is 1. The Labute approximate surface area is 140 Å². The summed E-state index contributed by atoms with van der Waals surface area (Å²) in [6, 6.07) is 0. The van der Waals surface area contributed by atoms with Gasteiger partial charge in [-0.2, -0.15) is 0 Å². The minimum Gasteiger partial charge on any atom is -0.444 e. The smallest absolute Gasteiger partial charge is 0.410 e. The second kappa shape index (κ2) is 11.9. The SMILES string of the molecule is CN(CCCCCCCCOSI)C(=O)OC(C)(C)C. The Balaban J connectivity index is 3.44. The summed E-state index contributed by atoms with van der Waals surface area (Å²) < 4.78 is 10.5. The van der Waals surface area contributed by atoms with E-state index in [0.717, 1.165) is 32.4 Å². The maximum absolute atomic E-state index is 11.7. The first-order valence-corrected chi connectivity index (χ1v) is 10.5. The average Bonchev–Trinajstić information content (AvgIpc) is 2.34. The maximum atomic E-state index is 11.7. The summed E-state index contributed by atoms with van der Waals surface area (Å²) >= 11 is 2.14. The zero-order valence-corrected chi connectivity index (χ0v) is 16.1. The van der Waals surface area contributed by atoms with E-state index in [2.05, 4.69) is 21.2 Å². The largest absolute Gasteiger partial charge is 0.444 e. The van der Waals surface area contributed by atoms with E-state index in [9.17, 15) is 4.79 Å². The molecule has 0 saturated carbocycles. The molecule has 0 heterocycles. The van der Waals surface area contributed by atoms with Crippen LogP contribution in [0.15, 0.2) is 0 Å². The molecular weight excluding hydrogens is 389 g/mol. The van der Waals surface area contributed by atoms with Gasteiger partial charge in [0.15, 0.2) is 0 Å². The normalized spacial score (nSPS) is 11.4. The van der Waals surface area contributed by atoms with Crippen LogP contribution in [0.3, 0.4) is 0 Å². The molecule has 0 aliphatic carbocycles. The van der Waals surface area contributed by atoms with E-state index in [-0.39, 0.29) is 6.09 Å². The quantitative estimate of drug-likeness (QED) is 0.278. The molecule has 4 nitrogen and oxygen atoms in total. The van der Waals surface area contributed by atoms with E-state index in [0.29, 0.717) is 0 Å². The van der Waals surface area contributed by atoms with Crippen LogP contribution in [0.5, 0.6) is 0 Å². The molecule has 0 atom stereocenters.